The fourth-order valence-corrected chi connectivity index (χ4v) is 12.3. The largest absolute Gasteiger partial charge is 0.480 e. The minimum atomic E-state index is -1.57. The Bertz CT molecular complexity index is 2690. The number of hydrogen-bond donors (Lipinski definition) is 12. The van der Waals surface area contributed by atoms with Gasteiger partial charge < -0.3 is 72.4 Å². The van der Waals surface area contributed by atoms with Gasteiger partial charge in [-0.05, 0) is 57.0 Å². The molecule has 2 aliphatic carbocycles. The van der Waals surface area contributed by atoms with E-state index in [1.54, 1.807) is 12.5 Å². The van der Waals surface area contributed by atoms with Crippen molar-refractivity contribution < 1.29 is 77.8 Å². The fraction of sp³-hybridized carbons (Fsp3) is 0.370. The smallest absolute Gasteiger partial charge is 0.407 e. The van der Waals surface area contributed by atoms with Gasteiger partial charge in [0.2, 0.25) is 35.4 Å². The average Bonchev–Trinajstić information content (AvgIpc) is 4.19. The van der Waals surface area contributed by atoms with Gasteiger partial charge in [-0.15, -0.1) is 0 Å². The number of carbonyl (C=O) groups is 10. The number of nitrogens with one attached hydrogen (secondary N) is 8. The summed E-state index contributed by atoms with van der Waals surface area (Å²) in [6.45, 7) is -3.53. The molecule has 438 valence electrons. The predicted octanol–water partition coefficient (Wildman–Crippen LogP) is 1.23. The lowest BCUT2D eigenvalue weighted by atomic mass is 9.98. The number of aliphatic carboxylic acids is 2. The number of benzene rings is 4. The number of fused-ring (bicyclic) bond motifs is 6. The van der Waals surface area contributed by atoms with Gasteiger partial charge in [-0.2, -0.15) is 23.5 Å². The fourth-order valence-electron chi connectivity index (χ4n) is 8.85. The first-order valence-corrected chi connectivity index (χ1v) is 30.6. The molecule has 0 saturated heterocycles. The van der Waals surface area contributed by atoms with Crippen molar-refractivity contribution >= 4 is 105 Å². The van der Waals surface area contributed by atoms with Crippen LogP contribution in [0.2, 0.25) is 0 Å². The van der Waals surface area contributed by atoms with E-state index in [4.69, 9.17) is 9.47 Å². The Morgan fingerprint density at radius 2 is 0.744 bits per heavy atom. The van der Waals surface area contributed by atoms with Gasteiger partial charge in [0, 0.05) is 34.8 Å². The molecule has 28 heteroatoms. The molecule has 24 nitrogen and oxygen atoms in total. The minimum Gasteiger partial charge on any atom is -0.480 e. The highest BCUT2D eigenvalue weighted by molar-refractivity contribution is 8.76. The molecule has 4 aromatic carbocycles. The van der Waals surface area contributed by atoms with E-state index >= 15 is 0 Å². The Morgan fingerprint density at radius 3 is 1.04 bits per heavy atom. The zero-order valence-electron chi connectivity index (χ0n) is 44.2. The van der Waals surface area contributed by atoms with E-state index in [1.807, 2.05) is 97.1 Å². The van der Waals surface area contributed by atoms with Gasteiger partial charge in [0.05, 0.1) is 26.3 Å². The standard InChI is InChI=1S/C54H62N8O16S4/c1-79-25-43(51(71)72)59-49(69)41(57-45(65)19-55-47(67)39(21-63)61-53(75)77-23-37-33-15-7-3-11-29(33)30-12-4-8-16-34(30)37)27-81-82-28-42(50(70)60-44(26-80-2)52(73)74)58-46(66)20-56-48(68)40(22-64)62-54(76)78-24-38-35-17-9-5-13-31(35)32-14-6-10-18-36(32)38/h3-18,37-44,63-64H,19-28H2,1-2H3,(H,55,67)(H,56,68)(H,57,65)(H,58,66)(H,59,69)(H,60,70)(H,61,75)(H,62,76)(H,71,72)(H,73,74)/t39-,40-,41+,42+,43+,44+/m1/s1. The van der Waals surface area contributed by atoms with Crippen LogP contribution in [-0.2, 0) is 47.8 Å². The third kappa shape index (κ3) is 17.5. The normalized spacial score (nSPS) is 14.2. The molecule has 82 heavy (non-hydrogen) atoms. The Kier molecular flexibility index (Phi) is 24.6. The Labute approximate surface area is 487 Å². The molecule has 6 atom stereocenters. The van der Waals surface area contributed by atoms with Crippen LogP contribution in [0.3, 0.4) is 0 Å². The summed E-state index contributed by atoms with van der Waals surface area (Å²) >= 11 is 2.23. The molecule has 0 spiro atoms. The summed E-state index contributed by atoms with van der Waals surface area (Å²) in [4.78, 5) is 130. The lowest BCUT2D eigenvalue weighted by Gasteiger charge is -2.23. The average molecular weight is 1210 g/mol. The first kappa shape index (κ1) is 63.7. The van der Waals surface area contributed by atoms with E-state index in [9.17, 15) is 68.4 Å². The van der Waals surface area contributed by atoms with Gasteiger partial charge in [0.15, 0.2) is 0 Å². The zero-order chi connectivity index (χ0) is 59.3. The van der Waals surface area contributed by atoms with Crippen LogP contribution in [0.4, 0.5) is 9.59 Å². The van der Waals surface area contributed by atoms with E-state index < -0.39 is 122 Å². The Balaban J connectivity index is 1.02. The second-order valence-electron chi connectivity index (χ2n) is 18.4. The number of carbonyl (C=O) groups excluding carboxylic acids is 8. The minimum absolute atomic E-state index is 0.0561. The maximum absolute atomic E-state index is 13.6. The second kappa shape index (κ2) is 31.6. The number of ether oxygens (including phenoxy) is 2. The van der Waals surface area contributed by atoms with Crippen LogP contribution in [0.15, 0.2) is 97.1 Å². The van der Waals surface area contributed by atoms with Crippen LogP contribution in [-0.4, -0.2) is 191 Å². The number of carboxylic acids is 2. The summed E-state index contributed by atoms with van der Waals surface area (Å²) in [5.74, 6) is -9.87. The molecule has 0 aliphatic heterocycles. The number of amides is 8. The summed E-state index contributed by atoms with van der Waals surface area (Å²) in [5.41, 5.74) is 7.75. The third-order valence-corrected chi connectivity index (χ3v) is 16.6. The molecule has 0 fully saturated rings. The van der Waals surface area contributed by atoms with E-state index in [0.29, 0.717) is 0 Å². The first-order valence-electron chi connectivity index (χ1n) is 25.4. The molecule has 0 bridgehead atoms. The van der Waals surface area contributed by atoms with Crippen LogP contribution in [0.25, 0.3) is 22.3 Å². The van der Waals surface area contributed by atoms with Gasteiger partial charge in [-0.25, -0.2) is 19.2 Å². The monoisotopic (exact) mass is 1210 g/mol. The Morgan fingerprint density at radius 1 is 0.427 bits per heavy atom. The highest BCUT2D eigenvalue weighted by Crippen LogP contribution is 2.45. The van der Waals surface area contributed by atoms with Crippen molar-refractivity contribution in [3.8, 4) is 22.3 Å². The van der Waals surface area contributed by atoms with Crippen molar-refractivity contribution in [1.29, 1.82) is 0 Å². The van der Waals surface area contributed by atoms with Gasteiger partial charge in [-0.1, -0.05) is 119 Å². The molecular weight excluding hydrogens is 1140 g/mol. The molecule has 0 heterocycles. The molecule has 0 radical (unpaired) electrons. The van der Waals surface area contributed by atoms with E-state index in [2.05, 4.69) is 42.5 Å². The van der Waals surface area contributed by atoms with Gasteiger partial charge in [-0.3, -0.25) is 28.8 Å². The van der Waals surface area contributed by atoms with Crippen LogP contribution < -0.4 is 42.5 Å². The number of thioether (sulfide) groups is 2. The van der Waals surface area contributed by atoms with Crippen molar-refractivity contribution in [3.05, 3.63) is 119 Å². The number of aliphatic hydroxyl groups excluding tert-OH is 2. The highest BCUT2D eigenvalue weighted by atomic mass is 33.1. The van der Waals surface area contributed by atoms with Crippen molar-refractivity contribution in [3.63, 3.8) is 0 Å². The molecule has 6 rings (SSSR count). The van der Waals surface area contributed by atoms with Crippen LogP contribution in [0.5, 0.6) is 0 Å². The van der Waals surface area contributed by atoms with Crippen LogP contribution >= 0.6 is 45.1 Å². The molecule has 12 N–H and O–H groups in total. The molecule has 0 saturated carbocycles. The number of aliphatic hydroxyl groups is 2. The summed E-state index contributed by atoms with van der Waals surface area (Å²) in [6.07, 6.45) is 1.17. The van der Waals surface area contributed by atoms with Crippen molar-refractivity contribution in [1.82, 2.24) is 42.5 Å². The number of rotatable bonds is 31. The Hall–Kier alpha value is -7.50. The molecule has 0 unspecified atom stereocenters. The SMILES string of the molecule is CSC[C@H](NC(=O)[C@H](CSSC[C@H](NC(=O)CNC(=O)[C@@H](CO)NC(=O)OCC1c2ccccc2-c2ccccc21)C(=O)N[C@@H](CSC)C(=O)O)NC(=O)CNC(=O)[C@@H](CO)NC(=O)OCC1c2ccccc2-c2ccccc21)C(=O)O. The second-order valence-corrected chi connectivity index (χ2v) is 22.7. The molecule has 2 aliphatic rings. The quantitative estimate of drug-likeness (QED) is 0.0249. The molecule has 0 aromatic heterocycles. The van der Waals surface area contributed by atoms with E-state index in [1.165, 1.54) is 0 Å². The molecule has 8 amide bonds. The summed E-state index contributed by atoms with van der Waals surface area (Å²) in [7, 11) is 1.75. The van der Waals surface area contributed by atoms with Crippen LogP contribution in [0, 0.1) is 0 Å². The lowest BCUT2D eigenvalue weighted by Crippen LogP contribution is -2.56. The maximum Gasteiger partial charge on any atom is 0.407 e. The summed E-state index contributed by atoms with van der Waals surface area (Å²) in [6, 6.07) is 21.7. The van der Waals surface area contributed by atoms with E-state index in [-0.39, 0.29) is 48.1 Å². The van der Waals surface area contributed by atoms with Crippen molar-refractivity contribution in [2.75, 3.05) is 75.0 Å². The first-order chi connectivity index (χ1) is 39.5. The van der Waals surface area contributed by atoms with Gasteiger partial charge in [0.1, 0.15) is 49.5 Å². The number of carboxylic acid groups (broad SMARTS) is 2. The lowest BCUT2D eigenvalue weighted by molar-refractivity contribution is -0.141. The highest BCUT2D eigenvalue weighted by Gasteiger charge is 2.34. The van der Waals surface area contributed by atoms with Gasteiger partial charge >= 0.3 is 24.1 Å². The predicted molar refractivity (Wildman–Crippen MR) is 309 cm³/mol. The van der Waals surface area contributed by atoms with E-state index in [0.717, 1.165) is 89.6 Å². The van der Waals surface area contributed by atoms with Crippen LogP contribution in [0.1, 0.15) is 34.1 Å². The van der Waals surface area contributed by atoms with Gasteiger partial charge in [0.25, 0.3) is 0 Å². The number of alkyl carbamates (subject to hydrolysis) is 2. The zero-order valence-corrected chi connectivity index (χ0v) is 47.5. The summed E-state index contributed by atoms with van der Waals surface area (Å²) < 4.78 is 11.0. The van der Waals surface area contributed by atoms with Crippen molar-refractivity contribution in [2.45, 2.75) is 48.1 Å². The maximum atomic E-state index is 13.6. The molecule has 4 aromatic rings. The van der Waals surface area contributed by atoms with Crippen molar-refractivity contribution in [2.24, 2.45) is 0 Å². The topological polar surface area (TPSA) is 366 Å². The molecular formula is C54H62N8O16S4. The summed E-state index contributed by atoms with van der Waals surface area (Å²) in [5, 5.41) is 58.1. The third-order valence-electron chi connectivity index (χ3n) is 12.9. The number of hydrogen-bond acceptors (Lipinski definition) is 18.